The minimum absolute atomic E-state index is 0.205. The highest BCUT2D eigenvalue weighted by Crippen LogP contribution is 2.28. The zero-order valence-corrected chi connectivity index (χ0v) is 9.79. The van der Waals surface area contributed by atoms with Crippen molar-refractivity contribution in [3.8, 4) is 5.75 Å². The monoisotopic (exact) mass is 247 g/mol. The van der Waals surface area contributed by atoms with E-state index in [1.807, 2.05) is 13.8 Å². The van der Waals surface area contributed by atoms with Crippen molar-refractivity contribution < 1.29 is 17.9 Å². The van der Waals surface area contributed by atoms with Gasteiger partial charge in [0.15, 0.2) is 0 Å². The zero-order chi connectivity index (χ0) is 13.1. The van der Waals surface area contributed by atoms with Crippen LogP contribution in [0.2, 0.25) is 0 Å². The molecule has 0 bridgehead atoms. The summed E-state index contributed by atoms with van der Waals surface area (Å²) in [5.74, 6) is -0.0233. The highest BCUT2D eigenvalue weighted by Gasteiger charge is 2.31. The molecule has 1 aromatic rings. The third-order valence-electron chi connectivity index (χ3n) is 2.73. The normalized spacial score (nSPS) is 15.4. The molecule has 0 saturated heterocycles. The van der Waals surface area contributed by atoms with Crippen LogP contribution >= 0.6 is 0 Å². The number of ether oxygens (including phenoxy) is 1. The van der Waals surface area contributed by atoms with Crippen LogP contribution in [0.1, 0.15) is 31.9 Å². The number of hydrogen-bond donors (Lipinski definition) is 1. The molecule has 1 aromatic carbocycles. The van der Waals surface area contributed by atoms with E-state index in [1.54, 1.807) is 6.07 Å². The fourth-order valence-corrected chi connectivity index (χ4v) is 1.50. The molecule has 2 N–H and O–H groups in total. The van der Waals surface area contributed by atoms with E-state index in [4.69, 9.17) is 5.73 Å². The summed E-state index contributed by atoms with van der Waals surface area (Å²) >= 11 is 0. The van der Waals surface area contributed by atoms with Crippen LogP contribution in [0.5, 0.6) is 5.75 Å². The molecule has 0 aromatic heterocycles. The fourth-order valence-electron chi connectivity index (χ4n) is 1.50. The number of hydrogen-bond acceptors (Lipinski definition) is 2. The first-order valence-electron chi connectivity index (χ1n) is 5.44. The van der Waals surface area contributed by atoms with Gasteiger partial charge in [-0.25, -0.2) is 0 Å². The van der Waals surface area contributed by atoms with E-state index in [-0.39, 0.29) is 17.7 Å². The largest absolute Gasteiger partial charge is 0.573 e. The molecule has 96 valence electrons. The Kier molecular flexibility index (Phi) is 4.40. The summed E-state index contributed by atoms with van der Waals surface area (Å²) in [5, 5.41) is 0. The third kappa shape index (κ3) is 4.26. The molecule has 1 rings (SSSR count). The minimum Gasteiger partial charge on any atom is -0.406 e. The van der Waals surface area contributed by atoms with Crippen LogP contribution in [0.15, 0.2) is 24.3 Å². The Labute approximate surface area is 98.6 Å². The molecule has 0 fully saturated rings. The summed E-state index contributed by atoms with van der Waals surface area (Å²) in [5.41, 5.74) is 6.60. The van der Waals surface area contributed by atoms with Gasteiger partial charge in [0, 0.05) is 6.04 Å². The van der Waals surface area contributed by atoms with Gasteiger partial charge in [0.05, 0.1) is 0 Å². The third-order valence-corrected chi connectivity index (χ3v) is 2.73. The maximum Gasteiger partial charge on any atom is 0.573 e. The standard InChI is InChI=1S/C12H16F3NO/c1-3-8(2)11(16)9-5-4-6-10(7-9)17-12(13,14)15/h4-8,11H,3,16H2,1-2H3/t8?,11-/m0/s1. The Morgan fingerprint density at radius 1 is 1.35 bits per heavy atom. The first kappa shape index (κ1) is 13.8. The number of halogens is 3. The number of rotatable bonds is 4. The van der Waals surface area contributed by atoms with Crippen molar-refractivity contribution in [2.75, 3.05) is 0 Å². The molecule has 1 unspecified atom stereocenters. The molecule has 2 atom stereocenters. The van der Waals surface area contributed by atoms with E-state index in [0.29, 0.717) is 5.56 Å². The van der Waals surface area contributed by atoms with Gasteiger partial charge >= 0.3 is 6.36 Å². The van der Waals surface area contributed by atoms with Crippen molar-refractivity contribution >= 4 is 0 Å². The van der Waals surface area contributed by atoms with Gasteiger partial charge in [-0.05, 0) is 23.6 Å². The molecular formula is C12H16F3NO. The summed E-state index contributed by atoms with van der Waals surface area (Å²) in [7, 11) is 0. The van der Waals surface area contributed by atoms with E-state index >= 15 is 0 Å². The molecule has 0 radical (unpaired) electrons. The Bertz CT molecular complexity index is 365. The summed E-state index contributed by atoms with van der Waals surface area (Å²) in [6, 6.07) is 5.54. The number of nitrogens with two attached hydrogens (primary N) is 1. The second-order valence-electron chi connectivity index (χ2n) is 4.03. The van der Waals surface area contributed by atoms with E-state index in [1.165, 1.54) is 18.2 Å². The first-order chi connectivity index (χ1) is 7.83. The molecule has 0 aliphatic carbocycles. The van der Waals surface area contributed by atoms with Crippen molar-refractivity contribution in [3.63, 3.8) is 0 Å². The maximum atomic E-state index is 12.0. The second kappa shape index (κ2) is 5.40. The van der Waals surface area contributed by atoms with Crippen LogP contribution in [0, 0.1) is 5.92 Å². The quantitative estimate of drug-likeness (QED) is 0.881. The lowest BCUT2D eigenvalue weighted by Crippen LogP contribution is -2.20. The van der Waals surface area contributed by atoms with Crippen LogP contribution in [-0.4, -0.2) is 6.36 Å². The smallest absolute Gasteiger partial charge is 0.406 e. The van der Waals surface area contributed by atoms with Gasteiger partial charge in [-0.2, -0.15) is 0 Å². The molecule has 5 heteroatoms. The Hall–Kier alpha value is -1.23. The van der Waals surface area contributed by atoms with Crippen molar-refractivity contribution in [1.29, 1.82) is 0 Å². The topological polar surface area (TPSA) is 35.2 Å². The predicted molar refractivity (Wildman–Crippen MR) is 59.5 cm³/mol. The van der Waals surface area contributed by atoms with Gasteiger partial charge in [-0.1, -0.05) is 32.4 Å². The summed E-state index contributed by atoms with van der Waals surface area (Å²) in [6.45, 7) is 3.95. The number of alkyl halides is 3. The molecule has 17 heavy (non-hydrogen) atoms. The molecular weight excluding hydrogens is 231 g/mol. The van der Waals surface area contributed by atoms with Gasteiger partial charge in [-0.15, -0.1) is 13.2 Å². The Morgan fingerprint density at radius 3 is 2.53 bits per heavy atom. The van der Waals surface area contributed by atoms with Gasteiger partial charge in [-0.3, -0.25) is 0 Å². The molecule has 0 spiro atoms. The highest BCUT2D eigenvalue weighted by atomic mass is 19.4. The maximum absolute atomic E-state index is 12.0. The summed E-state index contributed by atoms with van der Waals surface area (Å²) in [4.78, 5) is 0. The van der Waals surface area contributed by atoms with Crippen LogP contribution in [-0.2, 0) is 0 Å². The SMILES string of the molecule is CCC(C)[C@H](N)c1cccc(OC(F)(F)F)c1. The molecule has 2 nitrogen and oxygen atoms in total. The van der Waals surface area contributed by atoms with Crippen LogP contribution < -0.4 is 10.5 Å². The van der Waals surface area contributed by atoms with Crippen LogP contribution in [0.25, 0.3) is 0 Å². The van der Waals surface area contributed by atoms with Gasteiger partial charge < -0.3 is 10.5 Å². The molecule has 0 heterocycles. The van der Waals surface area contributed by atoms with Crippen LogP contribution in [0.3, 0.4) is 0 Å². The minimum atomic E-state index is -4.67. The van der Waals surface area contributed by atoms with Gasteiger partial charge in [0.1, 0.15) is 5.75 Å². The lowest BCUT2D eigenvalue weighted by atomic mass is 9.93. The Morgan fingerprint density at radius 2 is 2.00 bits per heavy atom. The first-order valence-corrected chi connectivity index (χ1v) is 5.44. The van der Waals surface area contributed by atoms with Crippen molar-refractivity contribution in [3.05, 3.63) is 29.8 Å². The van der Waals surface area contributed by atoms with E-state index in [2.05, 4.69) is 4.74 Å². The predicted octanol–water partition coefficient (Wildman–Crippen LogP) is 3.63. The Balaban J connectivity index is 2.86. The average Bonchev–Trinajstić information content (AvgIpc) is 2.25. The van der Waals surface area contributed by atoms with Crippen LogP contribution in [0.4, 0.5) is 13.2 Å². The zero-order valence-electron chi connectivity index (χ0n) is 9.79. The highest BCUT2D eigenvalue weighted by molar-refractivity contribution is 5.30. The van der Waals surface area contributed by atoms with Crippen molar-refractivity contribution in [2.45, 2.75) is 32.7 Å². The summed E-state index contributed by atoms with van der Waals surface area (Å²) in [6.07, 6.45) is -3.80. The van der Waals surface area contributed by atoms with Gasteiger partial charge in [0.25, 0.3) is 0 Å². The number of benzene rings is 1. The second-order valence-corrected chi connectivity index (χ2v) is 4.03. The lowest BCUT2D eigenvalue weighted by Gasteiger charge is -2.19. The van der Waals surface area contributed by atoms with Gasteiger partial charge in [0.2, 0.25) is 0 Å². The van der Waals surface area contributed by atoms with E-state index in [9.17, 15) is 13.2 Å². The fraction of sp³-hybridized carbons (Fsp3) is 0.500. The van der Waals surface area contributed by atoms with E-state index < -0.39 is 6.36 Å². The van der Waals surface area contributed by atoms with Crippen molar-refractivity contribution in [2.24, 2.45) is 11.7 Å². The molecule has 0 aliphatic rings. The average molecular weight is 247 g/mol. The molecule has 0 saturated carbocycles. The lowest BCUT2D eigenvalue weighted by molar-refractivity contribution is -0.274. The molecule has 0 aliphatic heterocycles. The molecule has 0 amide bonds. The van der Waals surface area contributed by atoms with E-state index in [0.717, 1.165) is 6.42 Å². The van der Waals surface area contributed by atoms with Crippen molar-refractivity contribution in [1.82, 2.24) is 0 Å². The summed E-state index contributed by atoms with van der Waals surface area (Å²) < 4.78 is 40.0.